The first-order valence-corrected chi connectivity index (χ1v) is 6.42. The molecular formula is C15H12N6. The van der Waals surface area contributed by atoms with E-state index in [2.05, 4.69) is 20.3 Å². The summed E-state index contributed by atoms with van der Waals surface area (Å²) >= 11 is 0. The van der Waals surface area contributed by atoms with Crippen LogP contribution in [0.5, 0.6) is 0 Å². The molecule has 102 valence electrons. The molecule has 1 aromatic heterocycles. The van der Waals surface area contributed by atoms with E-state index in [-0.39, 0.29) is 0 Å². The summed E-state index contributed by atoms with van der Waals surface area (Å²) in [6.07, 6.45) is 1.69. The van der Waals surface area contributed by atoms with Gasteiger partial charge in [0.05, 0.1) is 23.3 Å². The maximum Gasteiger partial charge on any atom is 0.0944 e. The standard InChI is InChI=1S/C15H12N6/c1-11-7-8-14(13(9-11)18-19-16)21-15(10-17-20-21)12-5-3-2-4-6-12/h2-10H,1H3. The van der Waals surface area contributed by atoms with Gasteiger partial charge >= 0.3 is 0 Å². The molecular weight excluding hydrogens is 264 g/mol. The normalized spacial score (nSPS) is 10.1. The van der Waals surface area contributed by atoms with Gasteiger partial charge in [-0.1, -0.05) is 52.3 Å². The number of benzene rings is 2. The third-order valence-electron chi connectivity index (χ3n) is 3.13. The summed E-state index contributed by atoms with van der Waals surface area (Å²) in [4.78, 5) is 2.88. The summed E-state index contributed by atoms with van der Waals surface area (Å²) < 4.78 is 1.68. The molecule has 0 saturated carbocycles. The van der Waals surface area contributed by atoms with E-state index in [1.54, 1.807) is 10.9 Å². The Morgan fingerprint density at radius 1 is 1.14 bits per heavy atom. The SMILES string of the molecule is Cc1ccc(-n2nncc2-c2ccccc2)c(N=[N+]=[N-])c1. The van der Waals surface area contributed by atoms with E-state index in [4.69, 9.17) is 5.53 Å². The zero-order chi connectivity index (χ0) is 14.7. The highest BCUT2D eigenvalue weighted by Crippen LogP contribution is 2.28. The van der Waals surface area contributed by atoms with Crippen molar-refractivity contribution >= 4 is 5.69 Å². The molecule has 3 rings (SSSR count). The lowest BCUT2D eigenvalue weighted by molar-refractivity contribution is 0.807. The van der Waals surface area contributed by atoms with Crippen molar-refractivity contribution in [3.05, 3.63) is 70.7 Å². The van der Waals surface area contributed by atoms with Gasteiger partial charge < -0.3 is 0 Å². The van der Waals surface area contributed by atoms with Crippen LogP contribution in [0.3, 0.4) is 0 Å². The minimum Gasteiger partial charge on any atom is -0.212 e. The van der Waals surface area contributed by atoms with Gasteiger partial charge in [-0.05, 0) is 24.6 Å². The Morgan fingerprint density at radius 2 is 1.95 bits per heavy atom. The van der Waals surface area contributed by atoms with E-state index < -0.39 is 0 Å². The van der Waals surface area contributed by atoms with Crippen LogP contribution >= 0.6 is 0 Å². The Morgan fingerprint density at radius 3 is 2.71 bits per heavy atom. The number of hydrogen-bond acceptors (Lipinski definition) is 3. The van der Waals surface area contributed by atoms with E-state index >= 15 is 0 Å². The van der Waals surface area contributed by atoms with Crippen LogP contribution in [-0.4, -0.2) is 15.0 Å². The van der Waals surface area contributed by atoms with Gasteiger partial charge in [0.15, 0.2) is 0 Å². The average Bonchev–Trinajstić information content (AvgIpc) is 2.98. The summed E-state index contributed by atoms with van der Waals surface area (Å²) in [5.74, 6) is 0. The fourth-order valence-electron chi connectivity index (χ4n) is 2.16. The van der Waals surface area contributed by atoms with E-state index in [9.17, 15) is 0 Å². The largest absolute Gasteiger partial charge is 0.212 e. The lowest BCUT2D eigenvalue weighted by Gasteiger charge is -2.09. The lowest BCUT2D eigenvalue weighted by atomic mass is 10.1. The van der Waals surface area contributed by atoms with E-state index in [1.165, 1.54) is 0 Å². The predicted molar refractivity (Wildman–Crippen MR) is 80.3 cm³/mol. The van der Waals surface area contributed by atoms with Crippen LogP contribution in [0.15, 0.2) is 59.8 Å². The molecule has 0 N–H and O–H groups in total. The first kappa shape index (κ1) is 12.9. The topological polar surface area (TPSA) is 79.5 Å². The Kier molecular flexibility index (Phi) is 3.37. The van der Waals surface area contributed by atoms with Crippen LogP contribution in [-0.2, 0) is 0 Å². The molecule has 1 heterocycles. The van der Waals surface area contributed by atoms with Gasteiger partial charge in [-0.15, -0.1) is 5.10 Å². The van der Waals surface area contributed by atoms with Crippen LogP contribution in [0.1, 0.15) is 5.56 Å². The van der Waals surface area contributed by atoms with Crippen LogP contribution in [0.2, 0.25) is 0 Å². The Hall–Kier alpha value is -3.11. The molecule has 0 unspecified atom stereocenters. The molecule has 0 aliphatic carbocycles. The lowest BCUT2D eigenvalue weighted by Crippen LogP contribution is -2.00. The fourth-order valence-corrected chi connectivity index (χ4v) is 2.16. The third kappa shape index (κ3) is 2.48. The summed E-state index contributed by atoms with van der Waals surface area (Å²) in [7, 11) is 0. The van der Waals surface area contributed by atoms with Crippen molar-refractivity contribution in [2.75, 3.05) is 0 Å². The highest BCUT2D eigenvalue weighted by atomic mass is 15.4. The van der Waals surface area contributed by atoms with Crippen LogP contribution in [0.25, 0.3) is 27.4 Å². The molecule has 0 spiro atoms. The van der Waals surface area contributed by atoms with Crippen molar-refractivity contribution in [3.8, 4) is 16.9 Å². The molecule has 0 aliphatic rings. The monoisotopic (exact) mass is 276 g/mol. The highest BCUT2D eigenvalue weighted by Gasteiger charge is 2.11. The third-order valence-corrected chi connectivity index (χ3v) is 3.13. The van der Waals surface area contributed by atoms with Crippen molar-refractivity contribution in [2.24, 2.45) is 5.11 Å². The molecule has 0 atom stereocenters. The molecule has 21 heavy (non-hydrogen) atoms. The van der Waals surface area contributed by atoms with Crippen molar-refractivity contribution in [3.63, 3.8) is 0 Å². The maximum atomic E-state index is 8.73. The number of aromatic nitrogens is 3. The minimum atomic E-state index is 0.528. The molecule has 0 bridgehead atoms. The highest BCUT2D eigenvalue weighted by molar-refractivity contribution is 5.65. The van der Waals surface area contributed by atoms with Gasteiger partial charge in [-0.2, -0.15) is 0 Å². The smallest absolute Gasteiger partial charge is 0.0944 e. The van der Waals surface area contributed by atoms with Gasteiger partial charge in [-0.25, -0.2) is 4.68 Å². The van der Waals surface area contributed by atoms with Gasteiger partial charge in [-0.3, -0.25) is 0 Å². The predicted octanol–water partition coefficient (Wildman–Crippen LogP) is 4.18. The van der Waals surface area contributed by atoms with Gasteiger partial charge in [0.25, 0.3) is 0 Å². The molecule has 0 radical (unpaired) electrons. The molecule has 0 aliphatic heterocycles. The van der Waals surface area contributed by atoms with Crippen LogP contribution in [0, 0.1) is 6.92 Å². The Labute approximate surface area is 121 Å². The molecule has 2 aromatic carbocycles. The van der Waals surface area contributed by atoms with Crippen molar-refractivity contribution < 1.29 is 0 Å². The average molecular weight is 276 g/mol. The second-order valence-corrected chi connectivity index (χ2v) is 4.58. The summed E-state index contributed by atoms with van der Waals surface area (Å²) in [5, 5.41) is 11.8. The Bertz CT molecular complexity index is 815. The second kappa shape index (κ2) is 5.48. The van der Waals surface area contributed by atoms with Crippen LogP contribution in [0.4, 0.5) is 5.69 Å². The minimum absolute atomic E-state index is 0.528. The van der Waals surface area contributed by atoms with Crippen molar-refractivity contribution in [1.29, 1.82) is 0 Å². The fraction of sp³-hybridized carbons (Fsp3) is 0.0667. The summed E-state index contributed by atoms with van der Waals surface area (Å²) in [5.41, 5.74) is 12.8. The Balaban J connectivity index is 2.19. The number of nitrogens with zero attached hydrogens (tertiary/aromatic N) is 6. The zero-order valence-electron chi connectivity index (χ0n) is 11.4. The number of rotatable bonds is 3. The number of azide groups is 1. The van der Waals surface area contributed by atoms with Crippen LogP contribution < -0.4 is 0 Å². The van der Waals surface area contributed by atoms with E-state index in [0.29, 0.717) is 11.4 Å². The summed E-state index contributed by atoms with van der Waals surface area (Å²) in [6.45, 7) is 1.94. The second-order valence-electron chi connectivity index (χ2n) is 4.58. The molecule has 0 amide bonds. The molecule has 3 aromatic rings. The maximum absolute atomic E-state index is 8.73. The van der Waals surface area contributed by atoms with Gasteiger partial charge in [0.2, 0.25) is 0 Å². The molecule has 6 heteroatoms. The molecule has 0 fully saturated rings. The quantitative estimate of drug-likeness (QED) is 0.408. The number of hydrogen-bond donors (Lipinski definition) is 0. The first-order valence-electron chi connectivity index (χ1n) is 6.42. The summed E-state index contributed by atoms with van der Waals surface area (Å²) in [6, 6.07) is 15.5. The van der Waals surface area contributed by atoms with Crippen molar-refractivity contribution in [1.82, 2.24) is 15.0 Å². The number of aryl methyl sites for hydroxylation is 1. The molecule has 0 saturated heterocycles. The molecule has 6 nitrogen and oxygen atoms in total. The van der Waals surface area contributed by atoms with E-state index in [1.807, 2.05) is 55.5 Å². The first-order chi connectivity index (χ1) is 10.3. The van der Waals surface area contributed by atoms with Gasteiger partial charge in [0.1, 0.15) is 0 Å². The van der Waals surface area contributed by atoms with Crippen molar-refractivity contribution in [2.45, 2.75) is 6.92 Å². The van der Waals surface area contributed by atoms with Gasteiger partial charge in [0, 0.05) is 10.5 Å². The zero-order valence-corrected chi connectivity index (χ0v) is 11.4. The van der Waals surface area contributed by atoms with E-state index in [0.717, 1.165) is 16.8 Å².